The van der Waals surface area contributed by atoms with Crippen molar-refractivity contribution in [2.75, 3.05) is 0 Å². The molecule has 132 valence electrons. The van der Waals surface area contributed by atoms with E-state index in [4.69, 9.17) is 0 Å². The van der Waals surface area contributed by atoms with Gasteiger partial charge in [-0.1, -0.05) is 78.9 Å². The minimum atomic E-state index is -0.958. The first kappa shape index (κ1) is 16.9. The molecule has 0 aliphatic heterocycles. The zero-order chi connectivity index (χ0) is 18.8. The number of carboxylic acid groups (broad SMARTS) is 1. The Kier molecular flexibility index (Phi) is 4.35. The van der Waals surface area contributed by atoms with Crippen LogP contribution >= 0.6 is 0 Å². The lowest BCUT2D eigenvalue weighted by atomic mass is 9.96. The van der Waals surface area contributed by atoms with Gasteiger partial charge in [0.1, 0.15) is 5.69 Å². The highest BCUT2D eigenvalue weighted by Gasteiger charge is 2.14. The fourth-order valence-electron chi connectivity index (χ4n) is 3.35. The lowest BCUT2D eigenvalue weighted by molar-refractivity contribution is 0.0691. The molecule has 4 aromatic rings. The predicted molar refractivity (Wildman–Crippen MR) is 111 cm³/mol. The number of benzene rings is 3. The molecule has 2 N–H and O–H groups in total. The van der Waals surface area contributed by atoms with Crippen molar-refractivity contribution in [3.05, 3.63) is 95.2 Å². The topological polar surface area (TPSA) is 53.1 Å². The van der Waals surface area contributed by atoms with E-state index in [9.17, 15) is 9.90 Å². The minimum Gasteiger partial charge on any atom is -0.477 e. The van der Waals surface area contributed by atoms with Gasteiger partial charge in [-0.05, 0) is 35.2 Å². The molecular formula is C24H19NO2. The van der Waals surface area contributed by atoms with Crippen LogP contribution in [-0.4, -0.2) is 16.1 Å². The molecule has 0 saturated carbocycles. The van der Waals surface area contributed by atoms with Crippen LogP contribution in [0.4, 0.5) is 0 Å². The molecule has 1 heterocycles. The van der Waals surface area contributed by atoms with E-state index < -0.39 is 5.97 Å². The number of hydrogen-bond donors (Lipinski definition) is 2. The molecule has 0 unspecified atom stereocenters. The maximum atomic E-state index is 11.5. The molecule has 0 spiro atoms. The van der Waals surface area contributed by atoms with Crippen LogP contribution in [-0.2, 0) is 0 Å². The molecule has 0 aliphatic carbocycles. The van der Waals surface area contributed by atoms with Crippen LogP contribution in [0.15, 0.2) is 72.8 Å². The second-order valence-electron chi connectivity index (χ2n) is 6.54. The number of nitrogens with one attached hydrogen (secondary N) is 1. The lowest BCUT2D eigenvalue weighted by Crippen LogP contribution is -1.95. The van der Waals surface area contributed by atoms with E-state index >= 15 is 0 Å². The molecule has 0 bridgehead atoms. The van der Waals surface area contributed by atoms with Gasteiger partial charge in [0.05, 0.1) is 5.52 Å². The third-order valence-electron chi connectivity index (χ3n) is 4.75. The van der Waals surface area contributed by atoms with Crippen molar-refractivity contribution in [1.82, 2.24) is 4.98 Å². The average molecular weight is 353 g/mol. The van der Waals surface area contributed by atoms with Crippen LogP contribution in [0.25, 0.3) is 34.2 Å². The van der Waals surface area contributed by atoms with Crippen LogP contribution in [0.3, 0.4) is 0 Å². The summed E-state index contributed by atoms with van der Waals surface area (Å²) in [5.41, 5.74) is 6.38. The second-order valence-corrected chi connectivity index (χ2v) is 6.54. The number of H-pyrrole nitrogens is 1. The summed E-state index contributed by atoms with van der Waals surface area (Å²) < 4.78 is 0. The molecule has 1 aromatic heterocycles. The number of aromatic carboxylic acids is 1. The van der Waals surface area contributed by atoms with Crippen LogP contribution < -0.4 is 0 Å². The van der Waals surface area contributed by atoms with Gasteiger partial charge in [0.25, 0.3) is 0 Å². The summed E-state index contributed by atoms with van der Waals surface area (Å²) in [5, 5.41) is 10.4. The fraction of sp³-hybridized carbons (Fsp3) is 0.0417. The Morgan fingerprint density at radius 3 is 2.37 bits per heavy atom. The summed E-state index contributed by atoms with van der Waals surface area (Å²) in [6, 6.07) is 24.0. The van der Waals surface area contributed by atoms with E-state index in [1.165, 1.54) is 0 Å². The monoisotopic (exact) mass is 353 g/mol. The maximum absolute atomic E-state index is 11.5. The zero-order valence-corrected chi connectivity index (χ0v) is 14.9. The van der Waals surface area contributed by atoms with Crippen molar-refractivity contribution >= 4 is 29.0 Å². The summed E-state index contributed by atoms with van der Waals surface area (Å²) in [4.78, 5) is 14.6. The number of fused-ring (bicyclic) bond motifs is 1. The first-order chi connectivity index (χ1) is 13.1. The van der Waals surface area contributed by atoms with Crippen molar-refractivity contribution in [2.24, 2.45) is 0 Å². The molecule has 3 nitrogen and oxygen atoms in total. The van der Waals surface area contributed by atoms with Crippen molar-refractivity contribution in [3.8, 4) is 11.1 Å². The third-order valence-corrected chi connectivity index (χ3v) is 4.75. The predicted octanol–water partition coefficient (Wildman–Crippen LogP) is 6.01. The third kappa shape index (κ3) is 3.27. The highest BCUT2D eigenvalue weighted by Crippen LogP contribution is 2.33. The van der Waals surface area contributed by atoms with Gasteiger partial charge in [-0.25, -0.2) is 4.79 Å². The molecule has 0 radical (unpaired) electrons. The van der Waals surface area contributed by atoms with E-state index in [2.05, 4.69) is 30.1 Å². The van der Waals surface area contributed by atoms with Crippen molar-refractivity contribution < 1.29 is 9.90 Å². The molecule has 0 aliphatic rings. The van der Waals surface area contributed by atoms with E-state index in [1.807, 2.05) is 60.7 Å². The maximum Gasteiger partial charge on any atom is 0.352 e. The number of aromatic nitrogens is 1. The summed E-state index contributed by atoms with van der Waals surface area (Å²) in [5.74, 6) is -0.958. The Hall–Kier alpha value is -3.59. The zero-order valence-electron chi connectivity index (χ0n) is 14.9. The van der Waals surface area contributed by atoms with Gasteiger partial charge in [0, 0.05) is 10.9 Å². The molecule has 3 aromatic carbocycles. The summed E-state index contributed by atoms with van der Waals surface area (Å²) in [6.45, 7) is 2.06. The van der Waals surface area contributed by atoms with Gasteiger partial charge >= 0.3 is 5.97 Å². The summed E-state index contributed by atoms with van der Waals surface area (Å²) in [6.07, 6.45) is 4.06. The number of carboxylic acids is 1. The molecule has 3 heteroatoms. The lowest BCUT2D eigenvalue weighted by Gasteiger charge is -2.09. The molecule has 0 amide bonds. The first-order valence-corrected chi connectivity index (χ1v) is 8.81. The molecule has 0 fully saturated rings. The van der Waals surface area contributed by atoms with E-state index in [-0.39, 0.29) is 5.69 Å². The second kappa shape index (κ2) is 6.96. The first-order valence-electron chi connectivity index (χ1n) is 8.81. The number of aryl methyl sites for hydroxylation is 1. The normalized spacial score (nSPS) is 11.3. The quantitative estimate of drug-likeness (QED) is 0.441. The number of aromatic amines is 1. The van der Waals surface area contributed by atoms with E-state index in [1.54, 1.807) is 6.07 Å². The van der Waals surface area contributed by atoms with Crippen LogP contribution in [0.5, 0.6) is 0 Å². The average Bonchev–Trinajstić information content (AvgIpc) is 3.14. The standard InChI is InChI=1S/C24H19NO2/c1-16-7-5-6-10-19(16)20-14-13-18(12-11-17-8-3-2-4-9-17)21-15-22(24(26)27)25-23(20)21/h2-15,25H,1H3,(H,26,27)/b12-11+. The largest absolute Gasteiger partial charge is 0.477 e. The van der Waals surface area contributed by atoms with Crippen LogP contribution in [0.1, 0.15) is 27.2 Å². The Labute approximate surface area is 157 Å². The minimum absolute atomic E-state index is 0.195. The molecule has 27 heavy (non-hydrogen) atoms. The van der Waals surface area contributed by atoms with E-state index in [0.29, 0.717) is 0 Å². The number of hydrogen-bond acceptors (Lipinski definition) is 1. The van der Waals surface area contributed by atoms with Gasteiger partial charge in [-0.3, -0.25) is 0 Å². The van der Waals surface area contributed by atoms with Crippen molar-refractivity contribution in [1.29, 1.82) is 0 Å². The molecular weight excluding hydrogens is 334 g/mol. The van der Waals surface area contributed by atoms with Gasteiger partial charge in [-0.2, -0.15) is 0 Å². The van der Waals surface area contributed by atoms with Gasteiger partial charge in [0.15, 0.2) is 0 Å². The van der Waals surface area contributed by atoms with E-state index in [0.717, 1.165) is 38.7 Å². The summed E-state index contributed by atoms with van der Waals surface area (Å²) >= 11 is 0. The Morgan fingerprint density at radius 1 is 0.889 bits per heavy atom. The summed E-state index contributed by atoms with van der Waals surface area (Å²) in [7, 11) is 0. The number of rotatable bonds is 4. The SMILES string of the molecule is Cc1ccccc1-c1ccc(/C=C/c2ccccc2)c2cc(C(=O)O)[nH]c12. The highest BCUT2D eigenvalue weighted by molar-refractivity contribution is 6.04. The molecule has 4 rings (SSSR count). The van der Waals surface area contributed by atoms with Crippen LogP contribution in [0.2, 0.25) is 0 Å². The van der Waals surface area contributed by atoms with Crippen molar-refractivity contribution in [2.45, 2.75) is 6.92 Å². The number of carbonyl (C=O) groups is 1. The van der Waals surface area contributed by atoms with Gasteiger partial charge in [-0.15, -0.1) is 0 Å². The van der Waals surface area contributed by atoms with Crippen LogP contribution in [0, 0.1) is 6.92 Å². The fourth-order valence-corrected chi connectivity index (χ4v) is 3.35. The Bertz CT molecular complexity index is 1150. The highest BCUT2D eigenvalue weighted by atomic mass is 16.4. The smallest absolute Gasteiger partial charge is 0.352 e. The van der Waals surface area contributed by atoms with Gasteiger partial charge < -0.3 is 10.1 Å². The van der Waals surface area contributed by atoms with Gasteiger partial charge in [0.2, 0.25) is 0 Å². The molecule has 0 saturated heterocycles. The van der Waals surface area contributed by atoms with Crippen molar-refractivity contribution in [3.63, 3.8) is 0 Å². The Balaban J connectivity index is 1.90. The molecule has 0 atom stereocenters. The Morgan fingerprint density at radius 2 is 1.63 bits per heavy atom.